The molecule has 1 aliphatic heterocycles. The smallest absolute Gasteiger partial charge is 0.223 e. The molecule has 5 rings (SSSR count). The first-order chi connectivity index (χ1) is 13.9. The summed E-state index contributed by atoms with van der Waals surface area (Å²) >= 11 is 0. The maximum Gasteiger partial charge on any atom is 0.223 e. The summed E-state index contributed by atoms with van der Waals surface area (Å²) in [7, 11) is 0. The van der Waals surface area contributed by atoms with E-state index in [0.29, 0.717) is 12.0 Å². The minimum atomic E-state index is 0.363. The standard InChI is InChI=1S/C22H22N6/c1-2-7-16(8-3-1)21-20(19-10-4-5-14-28(19)27-21)18-11-13-24-22(26-18)25-17-9-6-12-23-15-17/h1-5,7-8,10-11,13-14,17,23H,6,9,12,15H2,(H,24,25,26). The minimum Gasteiger partial charge on any atom is -0.350 e. The Balaban J connectivity index is 1.60. The van der Waals surface area contributed by atoms with Gasteiger partial charge in [0, 0.05) is 30.5 Å². The molecule has 4 aromatic rings. The summed E-state index contributed by atoms with van der Waals surface area (Å²) in [5.41, 5.74) is 4.94. The number of piperidine rings is 1. The van der Waals surface area contributed by atoms with Crippen molar-refractivity contribution >= 4 is 11.5 Å². The lowest BCUT2D eigenvalue weighted by molar-refractivity contribution is 0.478. The summed E-state index contributed by atoms with van der Waals surface area (Å²) < 4.78 is 1.91. The first kappa shape index (κ1) is 16.9. The van der Waals surface area contributed by atoms with Crippen molar-refractivity contribution in [1.29, 1.82) is 0 Å². The van der Waals surface area contributed by atoms with Crippen LogP contribution >= 0.6 is 0 Å². The lowest BCUT2D eigenvalue weighted by Crippen LogP contribution is -2.38. The normalized spacial score (nSPS) is 16.9. The van der Waals surface area contributed by atoms with Gasteiger partial charge in [-0.25, -0.2) is 14.5 Å². The predicted octanol–water partition coefficient (Wildman–Crippen LogP) is 3.62. The van der Waals surface area contributed by atoms with Crippen LogP contribution in [0.3, 0.4) is 0 Å². The van der Waals surface area contributed by atoms with Gasteiger partial charge < -0.3 is 10.6 Å². The highest BCUT2D eigenvalue weighted by Crippen LogP contribution is 2.34. The molecule has 1 saturated heterocycles. The minimum absolute atomic E-state index is 0.363. The summed E-state index contributed by atoms with van der Waals surface area (Å²) in [5, 5.41) is 11.7. The molecule has 28 heavy (non-hydrogen) atoms. The molecule has 140 valence electrons. The van der Waals surface area contributed by atoms with E-state index >= 15 is 0 Å². The van der Waals surface area contributed by atoms with Crippen molar-refractivity contribution in [2.75, 3.05) is 18.4 Å². The molecule has 0 bridgehead atoms. The number of anilines is 1. The van der Waals surface area contributed by atoms with Gasteiger partial charge in [-0.1, -0.05) is 36.4 Å². The van der Waals surface area contributed by atoms with Gasteiger partial charge in [0.25, 0.3) is 0 Å². The molecule has 6 nitrogen and oxygen atoms in total. The van der Waals surface area contributed by atoms with Crippen LogP contribution in [0.15, 0.2) is 67.0 Å². The monoisotopic (exact) mass is 370 g/mol. The number of hydrogen-bond donors (Lipinski definition) is 2. The maximum atomic E-state index is 4.84. The second-order valence-electron chi connectivity index (χ2n) is 7.07. The molecule has 0 amide bonds. The van der Waals surface area contributed by atoms with Gasteiger partial charge in [-0.05, 0) is 37.6 Å². The lowest BCUT2D eigenvalue weighted by atomic mass is 10.0. The second kappa shape index (κ2) is 7.40. The predicted molar refractivity (Wildman–Crippen MR) is 111 cm³/mol. The lowest BCUT2D eigenvalue weighted by Gasteiger charge is -2.23. The molecule has 6 heteroatoms. The average molecular weight is 370 g/mol. The van der Waals surface area contributed by atoms with Crippen LogP contribution in [0.4, 0.5) is 5.95 Å². The fourth-order valence-electron chi connectivity index (χ4n) is 3.77. The van der Waals surface area contributed by atoms with E-state index in [1.165, 1.54) is 6.42 Å². The molecule has 1 fully saturated rings. The first-order valence-corrected chi connectivity index (χ1v) is 9.72. The Labute approximate surface area is 163 Å². The molecule has 0 aliphatic carbocycles. The molecule has 4 heterocycles. The van der Waals surface area contributed by atoms with E-state index in [4.69, 9.17) is 10.1 Å². The number of nitrogens with one attached hydrogen (secondary N) is 2. The van der Waals surface area contributed by atoms with Crippen LogP contribution in [0.2, 0.25) is 0 Å². The van der Waals surface area contributed by atoms with Crippen LogP contribution in [-0.2, 0) is 0 Å². The van der Waals surface area contributed by atoms with E-state index in [9.17, 15) is 0 Å². The van der Waals surface area contributed by atoms with E-state index < -0.39 is 0 Å². The Bertz CT molecular complexity index is 1080. The summed E-state index contributed by atoms with van der Waals surface area (Å²) in [6.45, 7) is 2.03. The van der Waals surface area contributed by atoms with Gasteiger partial charge in [0.05, 0.1) is 16.8 Å². The molecule has 1 aromatic carbocycles. The Morgan fingerprint density at radius 1 is 1.04 bits per heavy atom. The SMILES string of the molecule is c1ccc(-c2nn3ccccc3c2-c2ccnc(NC3CCCNC3)n2)cc1. The number of hydrogen-bond acceptors (Lipinski definition) is 5. The van der Waals surface area contributed by atoms with Crippen molar-refractivity contribution in [2.24, 2.45) is 0 Å². The molecular formula is C22H22N6. The van der Waals surface area contributed by atoms with Gasteiger partial charge >= 0.3 is 0 Å². The van der Waals surface area contributed by atoms with Gasteiger partial charge in [-0.3, -0.25) is 0 Å². The summed E-state index contributed by atoms with van der Waals surface area (Å²) in [5.74, 6) is 0.667. The third-order valence-corrected chi connectivity index (χ3v) is 5.13. The number of fused-ring (bicyclic) bond motifs is 1. The van der Waals surface area contributed by atoms with Gasteiger partial charge in [-0.2, -0.15) is 5.10 Å². The number of aromatic nitrogens is 4. The van der Waals surface area contributed by atoms with Crippen LogP contribution in [0.1, 0.15) is 12.8 Å². The summed E-state index contributed by atoms with van der Waals surface area (Å²) in [6, 6.07) is 18.7. The highest BCUT2D eigenvalue weighted by molar-refractivity contribution is 5.90. The van der Waals surface area contributed by atoms with Crippen LogP contribution in [0, 0.1) is 0 Å². The van der Waals surface area contributed by atoms with E-state index in [1.807, 2.05) is 53.3 Å². The quantitative estimate of drug-likeness (QED) is 0.574. The van der Waals surface area contributed by atoms with Gasteiger partial charge in [-0.15, -0.1) is 0 Å². The van der Waals surface area contributed by atoms with Crippen molar-refractivity contribution in [3.05, 3.63) is 67.0 Å². The van der Waals surface area contributed by atoms with Crippen molar-refractivity contribution in [2.45, 2.75) is 18.9 Å². The topological polar surface area (TPSA) is 67.1 Å². The zero-order chi connectivity index (χ0) is 18.8. The molecule has 0 spiro atoms. The fraction of sp³-hybridized carbons (Fsp3) is 0.227. The second-order valence-corrected chi connectivity index (χ2v) is 7.07. The third kappa shape index (κ3) is 3.23. The Hall–Kier alpha value is -3.25. The molecule has 0 radical (unpaired) electrons. The zero-order valence-corrected chi connectivity index (χ0v) is 15.5. The highest BCUT2D eigenvalue weighted by atomic mass is 15.2. The Morgan fingerprint density at radius 2 is 1.93 bits per heavy atom. The Kier molecular flexibility index (Phi) is 4.47. The van der Waals surface area contributed by atoms with E-state index in [0.717, 1.165) is 47.5 Å². The molecule has 1 aliphatic rings. The van der Waals surface area contributed by atoms with Gasteiger partial charge in [0.15, 0.2) is 0 Å². The first-order valence-electron chi connectivity index (χ1n) is 9.72. The van der Waals surface area contributed by atoms with Crippen LogP contribution in [0.5, 0.6) is 0 Å². The molecule has 2 N–H and O–H groups in total. The van der Waals surface area contributed by atoms with Crippen LogP contribution in [-0.4, -0.2) is 38.7 Å². The van der Waals surface area contributed by atoms with Crippen LogP contribution in [0.25, 0.3) is 28.0 Å². The zero-order valence-electron chi connectivity index (χ0n) is 15.5. The van der Waals surface area contributed by atoms with Gasteiger partial charge in [0.1, 0.15) is 5.69 Å². The van der Waals surface area contributed by atoms with E-state index in [-0.39, 0.29) is 0 Å². The van der Waals surface area contributed by atoms with E-state index in [1.54, 1.807) is 0 Å². The Morgan fingerprint density at radius 3 is 2.79 bits per heavy atom. The van der Waals surface area contributed by atoms with Crippen molar-refractivity contribution < 1.29 is 0 Å². The summed E-state index contributed by atoms with van der Waals surface area (Å²) in [6.07, 6.45) is 6.09. The largest absolute Gasteiger partial charge is 0.350 e. The third-order valence-electron chi connectivity index (χ3n) is 5.13. The molecule has 1 atom stereocenters. The van der Waals surface area contributed by atoms with Gasteiger partial charge in [0.2, 0.25) is 5.95 Å². The summed E-state index contributed by atoms with van der Waals surface area (Å²) in [4.78, 5) is 9.29. The number of nitrogens with zero attached hydrogens (tertiary/aromatic N) is 4. The maximum absolute atomic E-state index is 4.84. The number of benzene rings is 1. The van der Waals surface area contributed by atoms with E-state index in [2.05, 4.69) is 33.8 Å². The van der Waals surface area contributed by atoms with Crippen molar-refractivity contribution in [1.82, 2.24) is 24.9 Å². The molecular weight excluding hydrogens is 348 g/mol. The fourth-order valence-corrected chi connectivity index (χ4v) is 3.77. The highest BCUT2D eigenvalue weighted by Gasteiger charge is 2.19. The molecule has 3 aromatic heterocycles. The number of pyridine rings is 1. The van der Waals surface area contributed by atoms with Crippen molar-refractivity contribution in [3.8, 4) is 22.5 Å². The van der Waals surface area contributed by atoms with Crippen molar-refractivity contribution in [3.63, 3.8) is 0 Å². The average Bonchev–Trinajstić information content (AvgIpc) is 3.15. The number of rotatable bonds is 4. The molecule has 0 saturated carbocycles. The van der Waals surface area contributed by atoms with Crippen LogP contribution < -0.4 is 10.6 Å². The molecule has 1 unspecified atom stereocenters.